The summed E-state index contributed by atoms with van der Waals surface area (Å²) in [5.41, 5.74) is 5.27. The average Bonchev–Trinajstić information content (AvgIpc) is 3.07. The van der Waals surface area contributed by atoms with Crippen molar-refractivity contribution in [1.29, 1.82) is 5.41 Å². The standard InChI is InChI=1S/C17H13F3N3OS.Y/c1-3-24-23-11-4-8-15(22-2)13(10-11)14(21)7-5-12-6-9-16(25-12)17(18,19)20;/h3-4,6,8-10,21-22H,1H2,2H3;/q-1;. The third kappa shape index (κ3) is 5.87. The van der Waals surface area contributed by atoms with E-state index in [2.05, 4.69) is 29.2 Å². The Morgan fingerprint density at radius 2 is 2.08 bits per heavy atom. The molecule has 4 nitrogen and oxygen atoms in total. The summed E-state index contributed by atoms with van der Waals surface area (Å²) < 4.78 is 37.8. The maximum absolute atomic E-state index is 12.6. The Morgan fingerprint density at radius 3 is 2.65 bits per heavy atom. The fraction of sp³-hybridized carbons (Fsp3) is 0.118. The largest absolute Gasteiger partial charge is 0.563 e. The fourth-order valence-corrected chi connectivity index (χ4v) is 2.59. The van der Waals surface area contributed by atoms with E-state index in [9.17, 15) is 13.2 Å². The third-order valence-electron chi connectivity index (χ3n) is 2.97. The SMILES string of the molecule is C=CO[N-]c1ccc(NC)c(C(=N)C#Cc2ccc(C(F)(F)F)s2)c1.[Y]. The van der Waals surface area contributed by atoms with Crippen molar-refractivity contribution < 1.29 is 50.7 Å². The van der Waals surface area contributed by atoms with E-state index in [4.69, 9.17) is 10.2 Å². The van der Waals surface area contributed by atoms with E-state index in [-0.39, 0.29) is 43.3 Å². The van der Waals surface area contributed by atoms with Crippen molar-refractivity contribution in [3.63, 3.8) is 0 Å². The minimum absolute atomic E-state index is 0. The van der Waals surface area contributed by atoms with Crippen molar-refractivity contribution in [2.45, 2.75) is 6.18 Å². The predicted molar refractivity (Wildman–Crippen MR) is 93.3 cm³/mol. The molecule has 0 bridgehead atoms. The van der Waals surface area contributed by atoms with Gasteiger partial charge >= 0.3 is 6.18 Å². The molecule has 0 fully saturated rings. The number of nitrogens with one attached hydrogen (secondary N) is 2. The Balaban J connectivity index is 0.00000338. The first-order valence-electron chi connectivity index (χ1n) is 6.92. The van der Waals surface area contributed by atoms with E-state index in [0.29, 0.717) is 28.3 Å². The number of thiophene rings is 1. The third-order valence-corrected chi connectivity index (χ3v) is 4.02. The summed E-state index contributed by atoms with van der Waals surface area (Å²) in [5, 5.41) is 11.0. The van der Waals surface area contributed by atoms with Gasteiger partial charge in [-0.05, 0) is 30.0 Å². The summed E-state index contributed by atoms with van der Waals surface area (Å²) in [6.07, 6.45) is -3.23. The molecular weight excluding hydrogens is 440 g/mol. The molecular formula is C17H13F3N3OSY-. The Labute approximate surface area is 178 Å². The molecule has 2 rings (SSSR count). The molecule has 2 aromatic rings. The van der Waals surface area contributed by atoms with E-state index >= 15 is 0 Å². The number of benzene rings is 1. The van der Waals surface area contributed by atoms with Gasteiger partial charge in [-0.2, -0.15) is 13.2 Å². The maximum atomic E-state index is 12.6. The van der Waals surface area contributed by atoms with E-state index in [1.54, 1.807) is 25.2 Å². The molecule has 1 aromatic heterocycles. The Hall–Kier alpha value is -1.82. The molecule has 0 aliphatic heterocycles. The first-order valence-corrected chi connectivity index (χ1v) is 7.74. The van der Waals surface area contributed by atoms with Crippen LogP contribution in [0.5, 0.6) is 0 Å². The number of alkyl halides is 3. The van der Waals surface area contributed by atoms with Crippen LogP contribution in [0.2, 0.25) is 0 Å². The van der Waals surface area contributed by atoms with Crippen LogP contribution in [-0.4, -0.2) is 12.8 Å². The number of anilines is 1. The van der Waals surface area contributed by atoms with Crippen molar-refractivity contribution in [1.82, 2.24) is 0 Å². The van der Waals surface area contributed by atoms with Gasteiger partial charge in [0, 0.05) is 51.0 Å². The molecule has 0 aliphatic rings. The van der Waals surface area contributed by atoms with Gasteiger partial charge in [0.25, 0.3) is 0 Å². The van der Waals surface area contributed by atoms with Crippen LogP contribution in [0, 0.1) is 17.3 Å². The monoisotopic (exact) mass is 453 g/mol. The van der Waals surface area contributed by atoms with Crippen LogP contribution >= 0.6 is 11.3 Å². The van der Waals surface area contributed by atoms with E-state index in [1.165, 1.54) is 6.07 Å². The maximum Gasteiger partial charge on any atom is 0.425 e. The van der Waals surface area contributed by atoms with Gasteiger partial charge in [-0.15, -0.1) is 17.0 Å². The molecule has 9 heteroatoms. The molecule has 133 valence electrons. The van der Waals surface area contributed by atoms with E-state index in [0.717, 1.165) is 12.3 Å². The first kappa shape index (κ1) is 22.2. The van der Waals surface area contributed by atoms with Crippen LogP contribution in [0.25, 0.3) is 5.48 Å². The molecule has 0 unspecified atom stereocenters. The van der Waals surface area contributed by atoms with Gasteiger partial charge in [0.2, 0.25) is 0 Å². The van der Waals surface area contributed by atoms with Crippen molar-refractivity contribution in [2.75, 3.05) is 12.4 Å². The van der Waals surface area contributed by atoms with Crippen molar-refractivity contribution >= 4 is 28.4 Å². The topological polar surface area (TPSA) is 59.2 Å². The van der Waals surface area contributed by atoms with Gasteiger partial charge in [0.1, 0.15) is 10.6 Å². The normalized spacial score (nSPS) is 10.0. The zero-order valence-corrected chi connectivity index (χ0v) is 17.3. The van der Waals surface area contributed by atoms with Crippen LogP contribution < -0.4 is 5.32 Å². The van der Waals surface area contributed by atoms with Gasteiger partial charge < -0.3 is 15.6 Å². The molecule has 1 radical (unpaired) electrons. The molecule has 1 aromatic carbocycles. The zero-order valence-electron chi connectivity index (χ0n) is 13.6. The van der Waals surface area contributed by atoms with Crippen molar-refractivity contribution in [3.05, 3.63) is 64.0 Å². The molecule has 0 spiro atoms. The van der Waals surface area contributed by atoms with Gasteiger partial charge in [-0.1, -0.05) is 18.7 Å². The summed E-state index contributed by atoms with van der Waals surface area (Å²) >= 11 is 0.541. The number of hydrogen-bond acceptors (Lipinski definition) is 4. The second-order valence-corrected chi connectivity index (χ2v) is 5.71. The summed E-state index contributed by atoms with van der Waals surface area (Å²) in [5.74, 6) is 5.16. The molecule has 26 heavy (non-hydrogen) atoms. The zero-order chi connectivity index (χ0) is 18.4. The molecule has 1 heterocycles. The number of halogens is 3. The Kier molecular flexibility index (Phi) is 8.35. The second-order valence-electron chi connectivity index (χ2n) is 4.63. The van der Waals surface area contributed by atoms with Gasteiger partial charge in [0.15, 0.2) is 0 Å². The van der Waals surface area contributed by atoms with Crippen molar-refractivity contribution in [3.8, 4) is 11.8 Å². The first-order chi connectivity index (χ1) is 11.8. The minimum Gasteiger partial charge on any atom is -0.563 e. The average molecular weight is 453 g/mol. The summed E-state index contributed by atoms with van der Waals surface area (Å²) in [4.78, 5) is 4.26. The van der Waals surface area contributed by atoms with E-state index in [1.807, 2.05) is 0 Å². The quantitative estimate of drug-likeness (QED) is 0.279. The van der Waals surface area contributed by atoms with Crippen LogP contribution in [-0.2, 0) is 43.7 Å². The molecule has 0 amide bonds. The predicted octanol–water partition coefficient (Wildman–Crippen LogP) is 5.31. The molecule has 0 saturated heterocycles. The molecule has 2 N–H and O–H groups in total. The van der Waals surface area contributed by atoms with Gasteiger partial charge in [-0.25, -0.2) is 0 Å². The van der Waals surface area contributed by atoms with E-state index < -0.39 is 11.1 Å². The Bertz CT molecular complexity index is 853. The number of nitrogens with zero attached hydrogens (tertiary/aromatic N) is 1. The summed E-state index contributed by atoms with van der Waals surface area (Å²) in [7, 11) is 1.69. The molecule has 0 saturated carbocycles. The summed E-state index contributed by atoms with van der Waals surface area (Å²) in [6, 6.07) is 7.22. The van der Waals surface area contributed by atoms with Crippen LogP contribution in [0.15, 0.2) is 43.2 Å². The smallest absolute Gasteiger partial charge is 0.425 e. The van der Waals surface area contributed by atoms with Crippen LogP contribution in [0.1, 0.15) is 15.3 Å². The molecule has 0 aliphatic carbocycles. The van der Waals surface area contributed by atoms with Crippen LogP contribution in [0.4, 0.5) is 24.5 Å². The van der Waals surface area contributed by atoms with Gasteiger partial charge in [-0.3, -0.25) is 5.41 Å². The van der Waals surface area contributed by atoms with Gasteiger partial charge in [0.05, 0.1) is 11.1 Å². The van der Waals surface area contributed by atoms with Crippen LogP contribution in [0.3, 0.4) is 0 Å². The molecule has 0 atom stereocenters. The summed E-state index contributed by atoms with van der Waals surface area (Å²) in [6.45, 7) is 3.38. The number of rotatable bonds is 5. The Morgan fingerprint density at radius 1 is 1.35 bits per heavy atom. The minimum atomic E-state index is -4.39. The fourth-order valence-electron chi connectivity index (χ4n) is 1.86. The number of hydrogen-bond donors (Lipinski definition) is 2. The van der Waals surface area contributed by atoms with Crippen molar-refractivity contribution in [2.24, 2.45) is 0 Å². The second kappa shape index (κ2) is 9.76.